The van der Waals surface area contributed by atoms with Crippen LogP contribution in [0.2, 0.25) is 5.02 Å². The van der Waals surface area contributed by atoms with Gasteiger partial charge in [0, 0.05) is 91.7 Å². The molecule has 0 bridgehead atoms. The molecule has 578 valence electrons. The highest BCUT2D eigenvalue weighted by atomic mass is 35.5. The Morgan fingerprint density at radius 3 is 1.62 bits per heavy atom. The zero-order valence-corrected chi connectivity index (χ0v) is 68.2. The van der Waals surface area contributed by atoms with Gasteiger partial charge in [0.05, 0.1) is 99.9 Å². The standard InChI is InChI=1S/C34H38N6O3S2.C31H36N4OS.C23H23ClF2N2O/c1-20-23(7-5-9-25(20)33-35-27-14-39(16-29(27)44-33)31(42)18-37(3)4)24-8-6-10-26(21(24)2)34-36-28-15-40(17-30(28)45-34)32(43)19-38-12-11-22(41)13-38;1-5-34(4)20-30(36)35-18-28-29(19-35)37-31(33-28)27-11-7-10-26(22(27)3)25-9-6-8-24(21(25)2)13-12-23-14-16-32-17-15-23;1-3-11-27-14-16-10-12-28-19(22(16)25)13-15-6-4-7-17(21(15)24)18-8-5-9-20(29-2)23(18)26/h5-10,22,41H,11-19H2,1-4H3;6-11,23,32H,5,14-20H2,1-4H3;4-10,12,27H,3,11,13-14H2,1-2H3/t22-;;/m1../s1. The molecule has 10 aromatic rings. The Labute approximate surface area is 667 Å². The van der Waals surface area contributed by atoms with Gasteiger partial charge in [0.1, 0.15) is 20.8 Å². The number of pyridine rings is 1. The zero-order chi connectivity index (χ0) is 78.1. The molecule has 0 radical (unpaired) electrons. The van der Waals surface area contributed by atoms with Crippen LogP contribution in [0.15, 0.2) is 121 Å². The number of rotatable bonds is 20. The van der Waals surface area contributed by atoms with E-state index in [1.165, 1.54) is 66.9 Å². The van der Waals surface area contributed by atoms with Gasteiger partial charge in [-0.2, -0.15) is 0 Å². The fourth-order valence-electron chi connectivity index (χ4n) is 14.9. The van der Waals surface area contributed by atoms with Crippen LogP contribution < -0.4 is 15.4 Å². The van der Waals surface area contributed by atoms with E-state index in [0.717, 1.165) is 112 Å². The number of likely N-dealkylation sites (tertiary alicyclic amines) is 1. The second kappa shape index (κ2) is 36.2. The summed E-state index contributed by atoms with van der Waals surface area (Å²) in [5.41, 5.74) is 19.7. The van der Waals surface area contributed by atoms with Crippen LogP contribution in [0.5, 0.6) is 5.75 Å². The number of hydrogen-bond acceptors (Lipinski definition) is 17. The average Bonchev–Trinajstić information content (AvgIpc) is 1.52. The summed E-state index contributed by atoms with van der Waals surface area (Å²) in [4.78, 5) is 72.5. The summed E-state index contributed by atoms with van der Waals surface area (Å²) < 4.78 is 34.6. The molecule has 3 amide bonds. The number of nitrogens with one attached hydrogen (secondary N) is 2. The second-order valence-corrected chi connectivity index (χ2v) is 33.2. The Hall–Kier alpha value is -8.96. The SMILES string of the molecule is CCCNCc1ccnc(Cc2cccc(-c3cccc(OC)c3F)c2Cl)c1F.CCN(C)CC(=O)N1Cc2nc(-c3cccc(-c4cccc(C#CC5CCNCC5)c4C)c3C)sc2C1.Cc1c(-c2nc3c(s2)CN(C(=O)CN(C)C)C3)cccc1-c1cccc(-c2nc3c(s2)CN(C(=O)CN2CC[C@@H](O)C2)C3)c1C. The van der Waals surface area contributed by atoms with E-state index in [9.17, 15) is 28.3 Å². The highest BCUT2D eigenvalue weighted by molar-refractivity contribution is 7.16. The minimum absolute atomic E-state index is 0.102. The zero-order valence-electron chi connectivity index (χ0n) is 65.0. The molecule has 23 heteroatoms. The van der Waals surface area contributed by atoms with Gasteiger partial charge in [-0.1, -0.05) is 134 Å². The second-order valence-electron chi connectivity index (χ2n) is 29.6. The monoisotopic (exact) mass is 1570 g/mol. The van der Waals surface area contributed by atoms with E-state index < -0.39 is 5.82 Å². The molecular formula is C88H97ClF2N12O5S3. The average molecular weight is 1570 g/mol. The van der Waals surface area contributed by atoms with Crippen LogP contribution >= 0.6 is 45.6 Å². The number of thiazole rings is 3. The highest BCUT2D eigenvalue weighted by Crippen LogP contribution is 2.44. The van der Waals surface area contributed by atoms with Crippen LogP contribution in [0.1, 0.15) is 116 Å². The van der Waals surface area contributed by atoms with Crippen molar-refractivity contribution in [3.05, 3.63) is 214 Å². The van der Waals surface area contributed by atoms with Gasteiger partial charge >= 0.3 is 0 Å². The van der Waals surface area contributed by atoms with Crippen molar-refractivity contribution in [1.29, 1.82) is 0 Å². The van der Waals surface area contributed by atoms with Gasteiger partial charge in [-0.15, -0.1) is 34.0 Å². The Morgan fingerprint density at radius 1 is 0.613 bits per heavy atom. The molecule has 2 fully saturated rings. The van der Waals surface area contributed by atoms with E-state index in [2.05, 4.69) is 142 Å². The fourth-order valence-corrected chi connectivity index (χ4v) is 18.7. The number of methoxy groups -OCH3 is 1. The first-order chi connectivity index (χ1) is 53.6. The topological polar surface area (TPSA) is 176 Å². The van der Waals surface area contributed by atoms with Crippen molar-refractivity contribution in [2.24, 2.45) is 5.92 Å². The number of aliphatic hydroxyl groups excluding tert-OH is 1. The number of hydrogen-bond donors (Lipinski definition) is 3. The number of carbonyl (C=O) groups is 3. The van der Waals surface area contributed by atoms with Crippen molar-refractivity contribution in [3.63, 3.8) is 0 Å². The Morgan fingerprint density at radius 2 is 1.11 bits per heavy atom. The molecule has 111 heavy (non-hydrogen) atoms. The van der Waals surface area contributed by atoms with E-state index in [4.69, 9.17) is 31.3 Å². The molecule has 6 aromatic carbocycles. The summed E-state index contributed by atoms with van der Waals surface area (Å²) in [5, 5.41) is 19.8. The van der Waals surface area contributed by atoms with Gasteiger partial charge in [0.15, 0.2) is 11.6 Å². The molecule has 17 nitrogen and oxygen atoms in total. The minimum Gasteiger partial charge on any atom is -0.494 e. The molecule has 4 aromatic heterocycles. The van der Waals surface area contributed by atoms with E-state index in [1.54, 1.807) is 82.7 Å². The van der Waals surface area contributed by atoms with Crippen molar-refractivity contribution in [1.82, 2.24) is 60.0 Å². The molecule has 0 spiro atoms. The molecule has 15 rings (SSSR count). The number of ether oxygens (including phenoxy) is 1. The number of fused-ring (bicyclic) bond motifs is 3. The number of nitrogens with zero attached hydrogens (tertiary/aromatic N) is 10. The smallest absolute Gasteiger partial charge is 0.237 e. The number of amides is 3. The van der Waals surface area contributed by atoms with E-state index in [1.807, 2.05) is 50.5 Å². The first-order valence-electron chi connectivity index (χ1n) is 38.2. The lowest BCUT2D eigenvalue weighted by atomic mass is 9.91. The lowest BCUT2D eigenvalue weighted by Gasteiger charge is -2.20. The predicted molar refractivity (Wildman–Crippen MR) is 442 cm³/mol. The molecule has 0 unspecified atom stereocenters. The number of aromatic nitrogens is 4. The van der Waals surface area contributed by atoms with Gasteiger partial charge < -0.3 is 40.1 Å². The van der Waals surface area contributed by atoms with E-state index in [0.29, 0.717) is 111 Å². The van der Waals surface area contributed by atoms with Crippen LogP contribution in [0, 0.1) is 57.1 Å². The third-order valence-corrected chi connectivity index (χ3v) is 25.3. The van der Waals surface area contributed by atoms with Crippen LogP contribution in [0.25, 0.3) is 65.1 Å². The first kappa shape index (κ1) is 80.1. The van der Waals surface area contributed by atoms with Crippen molar-refractivity contribution in [3.8, 4) is 82.7 Å². The molecule has 5 aliphatic heterocycles. The normalized spacial score (nSPS) is 15.3. The Bertz CT molecular complexity index is 5070. The van der Waals surface area contributed by atoms with Crippen LogP contribution in [0.3, 0.4) is 0 Å². The van der Waals surface area contributed by atoms with Crippen molar-refractivity contribution < 1.29 is 33.0 Å². The molecule has 0 aliphatic carbocycles. The number of carbonyl (C=O) groups excluding carboxylic acids is 3. The number of piperidine rings is 1. The van der Waals surface area contributed by atoms with Crippen molar-refractivity contribution in [2.75, 3.05) is 87.2 Å². The summed E-state index contributed by atoms with van der Waals surface area (Å²) >= 11 is 11.7. The molecular weight excluding hydrogens is 1470 g/mol. The molecule has 1 atom stereocenters. The number of likely N-dealkylation sites (N-methyl/N-ethyl adjacent to an activating group) is 2. The maximum Gasteiger partial charge on any atom is 0.237 e. The molecule has 0 saturated carbocycles. The predicted octanol–water partition coefficient (Wildman–Crippen LogP) is 15.5. The van der Waals surface area contributed by atoms with Crippen molar-refractivity contribution in [2.45, 2.75) is 126 Å². The number of β-amino-alcohol motifs (C(OH)–C–C–N with tert-alkyl or cyclic N) is 1. The first-order valence-corrected chi connectivity index (χ1v) is 41.1. The summed E-state index contributed by atoms with van der Waals surface area (Å²) in [7, 11) is 7.22. The summed E-state index contributed by atoms with van der Waals surface area (Å²) in [6.07, 6.45) is 5.46. The maximum absolute atomic E-state index is 14.9. The van der Waals surface area contributed by atoms with Crippen LogP contribution in [-0.2, 0) is 66.6 Å². The van der Waals surface area contributed by atoms with Crippen LogP contribution in [0.4, 0.5) is 8.78 Å². The lowest BCUT2D eigenvalue weighted by molar-refractivity contribution is -0.133. The number of benzene rings is 6. The Balaban J connectivity index is 0.000000150. The fraction of sp³-hybridized carbons (Fsp3) is 0.375. The maximum atomic E-state index is 14.9. The van der Waals surface area contributed by atoms with Gasteiger partial charge in [-0.05, 0) is 169 Å². The minimum atomic E-state index is -0.484. The molecule has 2 saturated heterocycles. The number of halogens is 3. The quantitative estimate of drug-likeness (QED) is 0.0485. The highest BCUT2D eigenvalue weighted by Gasteiger charge is 2.34. The number of aliphatic hydroxyl groups is 1. The third kappa shape index (κ3) is 18.4. The molecule has 5 aliphatic rings. The molecule has 3 N–H and O–H groups in total. The third-order valence-electron chi connectivity index (χ3n) is 21.5. The molecule has 9 heterocycles. The summed E-state index contributed by atoms with van der Waals surface area (Å²) in [6, 6.07) is 37.7. The van der Waals surface area contributed by atoms with E-state index >= 15 is 0 Å². The van der Waals surface area contributed by atoms with Gasteiger partial charge in [-0.25, -0.2) is 23.7 Å². The lowest BCUT2D eigenvalue weighted by Crippen LogP contribution is -2.37. The summed E-state index contributed by atoms with van der Waals surface area (Å²) in [5.74, 6) is 7.23. The Kier molecular flexibility index (Phi) is 26.2. The van der Waals surface area contributed by atoms with Gasteiger partial charge in [0.2, 0.25) is 17.7 Å². The van der Waals surface area contributed by atoms with Gasteiger partial charge in [-0.3, -0.25) is 29.2 Å². The van der Waals surface area contributed by atoms with Crippen LogP contribution in [-0.4, -0.2) is 165 Å². The largest absolute Gasteiger partial charge is 0.494 e. The van der Waals surface area contributed by atoms with Gasteiger partial charge in [0.25, 0.3) is 0 Å². The summed E-state index contributed by atoms with van der Waals surface area (Å²) in [6.45, 7) is 23.3. The van der Waals surface area contributed by atoms with E-state index in [-0.39, 0.29) is 41.8 Å². The van der Waals surface area contributed by atoms with Crippen molar-refractivity contribution >= 4 is 63.3 Å².